The van der Waals surface area contributed by atoms with Gasteiger partial charge >= 0.3 is 0 Å². The molecule has 1 fully saturated rings. The van der Waals surface area contributed by atoms with E-state index in [1.807, 2.05) is 11.0 Å². The highest BCUT2D eigenvalue weighted by molar-refractivity contribution is 6.29. The van der Waals surface area contributed by atoms with E-state index in [9.17, 15) is 4.79 Å². The number of nitrogens with one attached hydrogen (secondary N) is 1. The lowest BCUT2D eigenvalue weighted by Gasteiger charge is -2.34. The van der Waals surface area contributed by atoms with Crippen LogP contribution < -0.4 is 10.2 Å². The van der Waals surface area contributed by atoms with Crippen LogP contribution in [-0.2, 0) is 4.79 Å². The zero-order valence-electron chi connectivity index (χ0n) is 13.2. The zero-order chi connectivity index (χ0) is 16.8. The molecule has 2 aromatic heterocycles. The molecule has 24 heavy (non-hydrogen) atoms. The zero-order valence-corrected chi connectivity index (χ0v) is 14.0. The minimum Gasteiger partial charge on any atom is -0.384 e. The average molecular weight is 347 g/mol. The molecular weight excluding hydrogens is 328 g/mol. The van der Waals surface area contributed by atoms with Crippen molar-refractivity contribution < 1.29 is 4.79 Å². The summed E-state index contributed by atoms with van der Waals surface area (Å²) in [5.74, 6) is 0.872. The summed E-state index contributed by atoms with van der Waals surface area (Å²) in [7, 11) is 0. The summed E-state index contributed by atoms with van der Waals surface area (Å²) in [4.78, 5) is 28.7. The van der Waals surface area contributed by atoms with Crippen LogP contribution in [0.25, 0.3) is 0 Å². The molecule has 1 aliphatic rings. The predicted molar refractivity (Wildman–Crippen MR) is 93.2 cm³/mol. The van der Waals surface area contributed by atoms with Crippen LogP contribution in [0.3, 0.4) is 0 Å². The van der Waals surface area contributed by atoms with Gasteiger partial charge in [0.2, 0.25) is 11.9 Å². The number of aromatic nitrogens is 3. The maximum Gasteiger partial charge on any atom is 0.225 e. The Morgan fingerprint density at radius 1 is 1.12 bits per heavy atom. The maximum atomic E-state index is 12.3. The van der Waals surface area contributed by atoms with Gasteiger partial charge in [0.25, 0.3) is 0 Å². The topological polar surface area (TPSA) is 74.2 Å². The van der Waals surface area contributed by atoms with E-state index in [4.69, 9.17) is 11.6 Å². The molecule has 1 aliphatic heterocycles. The Morgan fingerprint density at radius 3 is 2.58 bits per heavy atom. The van der Waals surface area contributed by atoms with Gasteiger partial charge in [-0.05, 0) is 18.2 Å². The number of rotatable bonds is 5. The molecule has 0 bridgehead atoms. The van der Waals surface area contributed by atoms with Crippen LogP contribution in [0.2, 0.25) is 5.15 Å². The smallest absolute Gasteiger partial charge is 0.225 e. The van der Waals surface area contributed by atoms with Gasteiger partial charge < -0.3 is 15.1 Å². The Hall–Kier alpha value is -2.41. The van der Waals surface area contributed by atoms with Gasteiger partial charge in [0.05, 0.1) is 0 Å². The number of halogens is 1. The number of hydrogen-bond acceptors (Lipinski definition) is 6. The Bertz CT molecular complexity index is 675. The summed E-state index contributed by atoms with van der Waals surface area (Å²) < 4.78 is 0. The van der Waals surface area contributed by atoms with Gasteiger partial charge in [0, 0.05) is 63.4 Å². The fourth-order valence-electron chi connectivity index (χ4n) is 2.59. The van der Waals surface area contributed by atoms with Crippen LogP contribution >= 0.6 is 11.6 Å². The highest BCUT2D eigenvalue weighted by atomic mass is 35.5. The van der Waals surface area contributed by atoms with Crippen molar-refractivity contribution in [1.82, 2.24) is 19.9 Å². The van der Waals surface area contributed by atoms with Gasteiger partial charge in [-0.3, -0.25) is 4.79 Å². The fourth-order valence-corrected chi connectivity index (χ4v) is 2.77. The highest BCUT2D eigenvalue weighted by Gasteiger charge is 2.21. The van der Waals surface area contributed by atoms with Gasteiger partial charge in [0.1, 0.15) is 5.15 Å². The minimum absolute atomic E-state index is 0.149. The van der Waals surface area contributed by atoms with Crippen LogP contribution in [0.15, 0.2) is 36.8 Å². The van der Waals surface area contributed by atoms with Crippen molar-refractivity contribution in [3.8, 4) is 0 Å². The van der Waals surface area contributed by atoms with E-state index >= 15 is 0 Å². The predicted octanol–water partition coefficient (Wildman–Crippen LogP) is 1.68. The Morgan fingerprint density at radius 2 is 1.88 bits per heavy atom. The van der Waals surface area contributed by atoms with E-state index in [1.54, 1.807) is 30.7 Å². The first kappa shape index (κ1) is 16.4. The minimum atomic E-state index is 0.149. The van der Waals surface area contributed by atoms with E-state index in [0.717, 1.165) is 24.7 Å². The van der Waals surface area contributed by atoms with Crippen molar-refractivity contribution >= 4 is 29.1 Å². The van der Waals surface area contributed by atoms with Crippen molar-refractivity contribution in [3.05, 3.63) is 41.9 Å². The first-order valence-electron chi connectivity index (χ1n) is 7.87. The van der Waals surface area contributed by atoms with Crippen molar-refractivity contribution in [1.29, 1.82) is 0 Å². The number of carbonyl (C=O) groups is 1. The first-order valence-corrected chi connectivity index (χ1v) is 8.25. The number of carbonyl (C=O) groups excluding carboxylic acids is 1. The van der Waals surface area contributed by atoms with E-state index in [-0.39, 0.29) is 5.91 Å². The molecule has 126 valence electrons. The Kier molecular flexibility index (Phi) is 5.43. The number of piperazine rings is 1. The number of amides is 1. The Balaban J connectivity index is 1.42. The van der Waals surface area contributed by atoms with Gasteiger partial charge in [-0.1, -0.05) is 11.6 Å². The van der Waals surface area contributed by atoms with Crippen LogP contribution in [0.5, 0.6) is 0 Å². The third-order valence-electron chi connectivity index (χ3n) is 3.86. The quantitative estimate of drug-likeness (QED) is 0.830. The van der Waals surface area contributed by atoms with Crippen molar-refractivity contribution in [2.75, 3.05) is 42.9 Å². The summed E-state index contributed by atoms with van der Waals surface area (Å²) >= 11 is 5.83. The van der Waals surface area contributed by atoms with Crippen LogP contribution in [0.4, 0.5) is 11.6 Å². The average Bonchev–Trinajstić information content (AvgIpc) is 2.63. The molecule has 0 aliphatic carbocycles. The summed E-state index contributed by atoms with van der Waals surface area (Å²) in [6.07, 6.45) is 5.55. The first-order chi connectivity index (χ1) is 11.7. The summed E-state index contributed by atoms with van der Waals surface area (Å²) in [5.41, 5.74) is 0.869. The molecule has 0 aromatic carbocycles. The molecule has 3 rings (SSSR count). The van der Waals surface area contributed by atoms with Gasteiger partial charge in [-0.2, -0.15) is 0 Å². The molecule has 8 heteroatoms. The summed E-state index contributed by atoms with van der Waals surface area (Å²) in [6, 6.07) is 5.37. The summed E-state index contributed by atoms with van der Waals surface area (Å²) in [5, 5.41) is 3.62. The van der Waals surface area contributed by atoms with Crippen molar-refractivity contribution in [3.63, 3.8) is 0 Å². The molecule has 0 atom stereocenters. The number of pyridine rings is 1. The molecule has 0 radical (unpaired) electrons. The lowest BCUT2D eigenvalue weighted by Crippen LogP contribution is -2.49. The molecule has 0 unspecified atom stereocenters. The molecular formula is C16H19ClN6O. The number of hydrogen-bond donors (Lipinski definition) is 1. The highest BCUT2D eigenvalue weighted by Crippen LogP contribution is 2.13. The second-order valence-electron chi connectivity index (χ2n) is 5.46. The molecule has 1 saturated heterocycles. The SMILES string of the molecule is O=C(CCNc1ccnc(Cl)c1)N1CCN(c2ncccn2)CC1. The van der Waals surface area contributed by atoms with E-state index in [2.05, 4.69) is 25.2 Å². The number of nitrogens with zero attached hydrogens (tertiary/aromatic N) is 5. The summed E-state index contributed by atoms with van der Waals surface area (Å²) in [6.45, 7) is 3.46. The lowest BCUT2D eigenvalue weighted by atomic mass is 10.2. The Labute approximate surface area is 145 Å². The van der Waals surface area contributed by atoms with E-state index in [0.29, 0.717) is 31.2 Å². The van der Waals surface area contributed by atoms with Crippen molar-refractivity contribution in [2.45, 2.75) is 6.42 Å². The third kappa shape index (κ3) is 4.32. The largest absolute Gasteiger partial charge is 0.384 e. The molecule has 1 N–H and O–H groups in total. The third-order valence-corrected chi connectivity index (χ3v) is 4.07. The molecule has 3 heterocycles. The molecule has 1 amide bonds. The lowest BCUT2D eigenvalue weighted by molar-refractivity contribution is -0.131. The maximum absolute atomic E-state index is 12.3. The molecule has 7 nitrogen and oxygen atoms in total. The monoisotopic (exact) mass is 346 g/mol. The van der Waals surface area contributed by atoms with Crippen LogP contribution in [0.1, 0.15) is 6.42 Å². The second-order valence-corrected chi connectivity index (χ2v) is 5.85. The standard InChI is InChI=1S/C16H19ClN6O/c17-14-12-13(2-6-19-14)18-7-3-15(24)22-8-10-23(11-9-22)16-20-4-1-5-21-16/h1-2,4-6,12H,3,7-11H2,(H,18,19). The normalized spacial score (nSPS) is 14.5. The molecule has 0 saturated carbocycles. The van der Waals surface area contributed by atoms with Gasteiger partial charge in [0.15, 0.2) is 0 Å². The van der Waals surface area contributed by atoms with E-state index < -0.39 is 0 Å². The molecule has 0 spiro atoms. The van der Waals surface area contributed by atoms with Crippen LogP contribution in [0, 0.1) is 0 Å². The molecule has 2 aromatic rings. The van der Waals surface area contributed by atoms with Gasteiger partial charge in [-0.25, -0.2) is 15.0 Å². The van der Waals surface area contributed by atoms with E-state index in [1.165, 1.54) is 0 Å². The van der Waals surface area contributed by atoms with Gasteiger partial charge in [-0.15, -0.1) is 0 Å². The number of anilines is 2. The second kappa shape index (κ2) is 7.92. The van der Waals surface area contributed by atoms with Crippen molar-refractivity contribution in [2.24, 2.45) is 0 Å². The van der Waals surface area contributed by atoms with Crippen LogP contribution in [-0.4, -0.2) is 58.5 Å². The fraction of sp³-hybridized carbons (Fsp3) is 0.375.